The zero-order chi connectivity index (χ0) is 12.7. The summed E-state index contributed by atoms with van der Waals surface area (Å²) in [6, 6.07) is 0. The molecule has 0 aromatic carbocycles. The van der Waals surface area contributed by atoms with Crippen molar-refractivity contribution in [1.82, 2.24) is 0 Å². The normalized spacial score (nSPS) is 22.3. The van der Waals surface area contributed by atoms with Gasteiger partial charge in [-0.1, -0.05) is 58.6 Å². The largest absolute Gasteiger partial charge is 0.0958 e. The van der Waals surface area contributed by atoms with Crippen LogP contribution in [-0.2, 0) is 0 Å². The first kappa shape index (κ1) is 15.0. The minimum absolute atomic E-state index is 0.634. The van der Waals surface area contributed by atoms with E-state index in [-0.39, 0.29) is 0 Å². The molecule has 1 unspecified atom stereocenters. The van der Waals surface area contributed by atoms with Gasteiger partial charge in [0.2, 0.25) is 0 Å². The van der Waals surface area contributed by atoms with Gasteiger partial charge in [-0.15, -0.1) is 0 Å². The van der Waals surface area contributed by atoms with E-state index in [1.54, 1.807) is 0 Å². The summed E-state index contributed by atoms with van der Waals surface area (Å²) in [6.07, 6.45) is 6.60. The minimum Gasteiger partial charge on any atom is -0.0958 e. The molecule has 0 aromatic rings. The lowest BCUT2D eigenvalue weighted by Gasteiger charge is -2.21. The molecule has 1 rings (SSSR count). The molecule has 0 saturated heterocycles. The van der Waals surface area contributed by atoms with Crippen molar-refractivity contribution in [3.63, 3.8) is 0 Å². The lowest BCUT2D eigenvalue weighted by molar-refractivity contribution is 0.700. The smallest absolute Gasteiger partial charge is 0.0201 e. The predicted molar refractivity (Wildman–Crippen MR) is 75.5 cm³/mol. The van der Waals surface area contributed by atoms with Crippen molar-refractivity contribution in [3.05, 3.63) is 47.6 Å². The highest BCUT2D eigenvalue weighted by atomic mass is 14.2. The average molecular weight is 218 g/mol. The molecular formula is C16H26. The Morgan fingerprint density at radius 1 is 1.50 bits per heavy atom. The zero-order valence-electron chi connectivity index (χ0n) is 11.6. The first-order valence-electron chi connectivity index (χ1n) is 6.31. The molecule has 0 saturated carbocycles. The van der Waals surface area contributed by atoms with Gasteiger partial charge < -0.3 is 0 Å². The number of hydrogen-bond donors (Lipinski definition) is 0. The monoisotopic (exact) mass is 218 g/mol. The zero-order valence-corrected chi connectivity index (χ0v) is 11.6. The van der Waals surface area contributed by atoms with E-state index >= 15 is 0 Å². The SMILES string of the molecule is C=C(/C=C1\C(=C)CC(C)C=C1C)CC.CC. The van der Waals surface area contributed by atoms with E-state index < -0.39 is 0 Å². The van der Waals surface area contributed by atoms with E-state index in [0.717, 1.165) is 12.8 Å². The van der Waals surface area contributed by atoms with E-state index in [4.69, 9.17) is 0 Å². The third-order valence-electron chi connectivity index (χ3n) is 2.71. The maximum atomic E-state index is 4.13. The molecule has 0 fully saturated rings. The van der Waals surface area contributed by atoms with Crippen molar-refractivity contribution in [3.8, 4) is 0 Å². The summed E-state index contributed by atoms with van der Waals surface area (Å²) in [5.74, 6) is 0.634. The second kappa shape index (κ2) is 7.27. The molecule has 1 aliphatic rings. The van der Waals surface area contributed by atoms with E-state index in [1.807, 2.05) is 13.8 Å². The van der Waals surface area contributed by atoms with Gasteiger partial charge in [-0.05, 0) is 42.4 Å². The molecular weight excluding hydrogens is 192 g/mol. The Labute approximate surface area is 101 Å². The van der Waals surface area contributed by atoms with Crippen LogP contribution in [-0.4, -0.2) is 0 Å². The number of allylic oxidation sites excluding steroid dienone is 6. The Hall–Kier alpha value is -1.04. The molecule has 0 bridgehead atoms. The van der Waals surface area contributed by atoms with Crippen molar-refractivity contribution in [2.45, 2.75) is 47.5 Å². The molecule has 0 amide bonds. The third-order valence-corrected chi connectivity index (χ3v) is 2.71. The average Bonchev–Trinajstić information content (AvgIpc) is 2.25. The Morgan fingerprint density at radius 2 is 2.06 bits per heavy atom. The van der Waals surface area contributed by atoms with Gasteiger partial charge in [0.05, 0.1) is 0 Å². The highest BCUT2D eigenvalue weighted by Crippen LogP contribution is 2.31. The summed E-state index contributed by atoms with van der Waals surface area (Å²) in [5.41, 5.74) is 5.09. The van der Waals surface area contributed by atoms with Crippen LogP contribution in [0.1, 0.15) is 47.5 Å². The van der Waals surface area contributed by atoms with Gasteiger partial charge in [0.25, 0.3) is 0 Å². The topological polar surface area (TPSA) is 0 Å². The van der Waals surface area contributed by atoms with E-state index in [0.29, 0.717) is 5.92 Å². The van der Waals surface area contributed by atoms with Gasteiger partial charge in [-0.3, -0.25) is 0 Å². The van der Waals surface area contributed by atoms with Crippen molar-refractivity contribution in [1.29, 1.82) is 0 Å². The lowest BCUT2D eigenvalue weighted by atomic mass is 9.84. The highest BCUT2D eigenvalue weighted by Gasteiger charge is 2.14. The summed E-state index contributed by atoms with van der Waals surface area (Å²) >= 11 is 0. The van der Waals surface area contributed by atoms with Crippen molar-refractivity contribution in [2.75, 3.05) is 0 Å². The number of rotatable bonds is 2. The summed E-state index contributed by atoms with van der Waals surface area (Å²) < 4.78 is 0. The van der Waals surface area contributed by atoms with Crippen LogP contribution < -0.4 is 0 Å². The molecule has 0 nitrogen and oxygen atoms in total. The Balaban J connectivity index is 0.00000106. The van der Waals surface area contributed by atoms with E-state index in [1.165, 1.54) is 22.3 Å². The molecule has 90 valence electrons. The minimum atomic E-state index is 0.634. The van der Waals surface area contributed by atoms with E-state index in [2.05, 4.69) is 46.1 Å². The van der Waals surface area contributed by atoms with Gasteiger partial charge in [0.1, 0.15) is 0 Å². The quantitative estimate of drug-likeness (QED) is 0.578. The second-order valence-corrected chi connectivity index (χ2v) is 4.20. The molecule has 0 heterocycles. The molecule has 1 aliphatic carbocycles. The lowest BCUT2D eigenvalue weighted by Crippen LogP contribution is -2.05. The predicted octanol–water partition coefficient (Wildman–Crippen LogP) is 5.45. The fourth-order valence-corrected chi connectivity index (χ4v) is 1.88. The maximum Gasteiger partial charge on any atom is -0.0201 e. The molecule has 0 radical (unpaired) electrons. The highest BCUT2D eigenvalue weighted by molar-refractivity contribution is 5.50. The second-order valence-electron chi connectivity index (χ2n) is 4.20. The fraction of sp³-hybridized carbons (Fsp3) is 0.500. The standard InChI is InChI=1S/C14H20.C2H6/c1-6-10(2)9-14-12(4)7-11(3)8-13(14)5;1-2/h8-9,11H,2,4,6-7H2,1,3,5H3;1-2H3/b14-9+;. The van der Waals surface area contributed by atoms with Gasteiger partial charge in [-0.2, -0.15) is 0 Å². The van der Waals surface area contributed by atoms with Crippen molar-refractivity contribution < 1.29 is 0 Å². The first-order valence-corrected chi connectivity index (χ1v) is 6.31. The van der Waals surface area contributed by atoms with Gasteiger partial charge in [0.15, 0.2) is 0 Å². The number of hydrogen-bond acceptors (Lipinski definition) is 0. The Bertz CT molecular complexity index is 313. The van der Waals surface area contributed by atoms with Crippen molar-refractivity contribution >= 4 is 0 Å². The van der Waals surface area contributed by atoms with Crippen LogP contribution in [0.4, 0.5) is 0 Å². The molecule has 16 heavy (non-hydrogen) atoms. The van der Waals surface area contributed by atoms with Crippen molar-refractivity contribution in [2.24, 2.45) is 5.92 Å². The molecule has 0 heteroatoms. The van der Waals surface area contributed by atoms with Gasteiger partial charge in [-0.25, -0.2) is 0 Å². The maximum absolute atomic E-state index is 4.13. The molecule has 0 aromatic heterocycles. The first-order chi connectivity index (χ1) is 7.54. The molecule has 0 spiro atoms. The van der Waals surface area contributed by atoms with E-state index in [9.17, 15) is 0 Å². The van der Waals surface area contributed by atoms with Crippen LogP contribution in [0.25, 0.3) is 0 Å². The van der Waals surface area contributed by atoms with Crippen LogP contribution in [0.3, 0.4) is 0 Å². The van der Waals surface area contributed by atoms with Crippen LogP contribution in [0, 0.1) is 5.92 Å². The van der Waals surface area contributed by atoms with Gasteiger partial charge in [0, 0.05) is 0 Å². The third kappa shape index (κ3) is 4.22. The summed E-state index contributed by atoms with van der Waals surface area (Å²) in [4.78, 5) is 0. The summed E-state index contributed by atoms with van der Waals surface area (Å²) in [5, 5.41) is 0. The van der Waals surface area contributed by atoms with Gasteiger partial charge >= 0.3 is 0 Å². The fourth-order valence-electron chi connectivity index (χ4n) is 1.88. The molecule has 0 aliphatic heterocycles. The van der Waals surface area contributed by atoms with Crippen LogP contribution in [0.2, 0.25) is 0 Å². The summed E-state index contributed by atoms with van der Waals surface area (Å²) in [7, 11) is 0. The van der Waals surface area contributed by atoms with Crippen LogP contribution >= 0.6 is 0 Å². The Morgan fingerprint density at radius 3 is 2.50 bits per heavy atom. The Kier molecular flexibility index (Phi) is 6.80. The van der Waals surface area contributed by atoms with Crippen LogP contribution in [0.15, 0.2) is 47.6 Å². The van der Waals surface area contributed by atoms with Crippen LogP contribution in [0.5, 0.6) is 0 Å². The summed E-state index contributed by atoms with van der Waals surface area (Å²) in [6.45, 7) is 18.7. The molecule has 0 N–H and O–H groups in total. The molecule has 1 atom stereocenters.